The molecule has 0 unspecified atom stereocenters. The number of hydrogen-bond acceptors (Lipinski definition) is 1. The third-order valence-corrected chi connectivity index (χ3v) is 2.87. The SMILES string of the molecule is Cc1c(Cl)cccc1-c1ccccc1O. The van der Waals surface area contributed by atoms with Gasteiger partial charge in [-0.2, -0.15) is 0 Å². The summed E-state index contributed by atoms with van der Waals surface area (Å²) in [6.07, 6.45) is 0. The molecule has 2 aromatic carbocycles. The van der Waals surface area contributed by atoms with E-state index in [2.05, 4.69) is 0 Å². The number of rotatable bonds is 1. The van der Waals surface area contributed by atoms with Crippen molar-refractivity contribution < 1.29 is 5.11 Å². The molecule has 15 heavy (non-hydrogen) atoms. The van der Waals surface area contributed by atoms with E-state index < -0.39 is 0 Å². The highest BCUT2D eigenvalue weighted by Crippen LogP contribution is 2.33. The van der Waals surface area contributed by atoms with E-state index in [0.717, 1.165) is 21.7 Å². The largest absolute Gasteiger partial charge is 0.507 e. The van der Waals surface area contributed by atoms with E-state index in [-0.39, 0.29) is 5.75 Å². The van der Waals surface area contributed by atoms with Gasteiger partial charge in [0, 0.05) is 10.6 Å². The van der Waals surface area contributed by atoms with Crippen molar-refractivity contribution in [3.8, 4) is 16.9 Å². The van der Waals surface area contributed by atoms with Crippen molar-refractivity contribution in [2.24, 2.45) is 0 Å². The lowest BCUT2D eigenvalue weighted by atomic mass is 10.00. The van der Waals surface area contributed by atoms with Gasteiger partial charge in [0.2, 0.25) is 0 Å². The van der Waals surface area contributed by atoms with Crippen molar-refractivity contribution in [2.75, 3.05) is 0 Å². The van der Waals surface area contributed by atoms with E-state index >= 15 is 0 Å². The van der Waals surface area contributed by atoms with Crippen LogP contribution in [0.2, 0.25) is 5.02 Å². The summed E-state index contributed by atoms with van der Waals surface area (Å²) < 4.78 is 0. The summed E-state index contributed by atoms with van der Waals surface area (Å²) in [6, 6.07) is 12.9. The Labute approximate surface area is 94.0 Å². The summed E-state index contributed by atoms with van der Waals surface area (Å²) in [5, 5.41) is 10.5. The highest BCUT2D eigenvalue weighted by Gasteiger charge is 2.07. The van der Waals surface area contributed by atoms with Crippen LogP contribution in [0.25, 0.3) is 11.1 Å². The number of para-hydroxylation sites is 1. The maximum atomic E-state index is 9.74. The van der Waals surface area contributed by atoms with Gasteiger partial charge in [0.15, 0.2) is 0 Å². The van der Waals surface area contributed by atoms with Crippen molar-refractivity contribution in [3.05, 3.63) is 53.1 Å². The molecule has 0 aliphatic heterocycles. The van der Waals surface area contributed by atoms with Gasteiger partial charge in [-0.3, -0.25) is 0 Å². The molecule has 0 atom stereocenters. The highest BCUT2D eigenvalue weighted by atomic mass is 35.5. The van der Waals surface area contributed by atoms with Crippen molar-refractivity contribution >= 4 is 11.6 Å². The van der Waals surface area contributed by atoms with Gasteiger partial charge in [0.05, 0.1) is 0 Å². The van der Waals surface area contributed by atoms with Gasteiger partial charge < -0.3 is 5.11 Å². The van der Waals surface area contributed by atoms with E-state index in [9.17, 15) is 5.11 Å². The van der Waals surface area contributed by atoms with Crippen molar-refractivity contribution in [3.63, 3.8) is 0 Å². The molecule has 0 bridgehead atoms. The van der Waals surface area contributed by atoms with Crippen molar-refractivity contribution in [1.29, 1.82) is 0 Å². The van der Waals surface area contributed by atoms with Crippen LogP contribution in [-0.4, -0.2) is 5.11 Å². The van der Waals surface area contributed by atoms with Gasteiger partial charge in [0.1, 0.15) is 5.75 Å². The molecule has 0 aliphatic carbocycles. The molecule has 1 nitrogen and oxygen atoms in total. The Morgan fingerprint density at radius 1 is 0.933 bits per heavy atom. The molecule has 0 radical (unpaired) electrons. The van der Waals surface area contributed by atoms with Crippen LogP contribution in [0.1, 0.15) is 5.56 Å². The van der Waals surface area contributed by atoms with Gasteiger partial charge >= 0.3 is 0 Å². The zero-order valence-electron chi connectivity index (χ0n) is 8.37. The van der Waals surface area contributed by atoms with E-state index in [4.69, 9.17) is 11.6 Å². The zero-order chi connectivity index (χ0) is 10.8. The Kier molecular flexibility index (Phi) is 2.65. The number of aromatic hydroxyl groups is 1. The average molecular weight is 219 g/mol. The topological polar surface area (TPSA) is 20.2 Å². The van der Waals surface area contributed by atoms with E-state index in [0.29, 0.717) is 0 Å². The molecule has 2 aromatic rings. The zero-order valence-corrected chi connectivity index (χ0v) is 9.12. The van der Waals surface area contributed by atoms with Crippen LogP contribution >= 0.6 is 11.6 Å². The number of phenols is 1. The van der Waals surface area contributed by atoms with Gasteiger partial charge in [-0.05, 0) is 30.2 Å². The summed E-state index contributed by atoms with van der Waals surface area (Å²) in [4.78, 5) is 0. The fourth-order valence-corrected chi connectivity index (χ4v) is 1.78. The Hall–Kier alpha value is -1.47. The standard InChI is InChI=1S/C13H11ClO/c1-9-10(6-4-7-12(9)14)11-5-2-3-8-13(11)15/h2-8,15H,1H3. The fraction of sp³-hybridized carbons (Fsp3) is 0.0769. The molecule has 1 N–H and O–H groups in total. The minimum atomic E-state index is 0.280. The fourth-order valence-electron chi connectivity index (χ4n) is 1.60. The molecular formula is C13H11ClO. The minimum absolute atomic E-state index is 0.280. The molecule has 76 valence electrons. The molecule has 2 rings (SSSR count). The molecule has 0 fully saturated rings. The normalized spacial score (nSPS) is 10.3. The number of hydrogen-bond donors (Lipinski definition) is 1. The van der Waals surface area contributed by atoms with Gasteiger partial charge in [0.25, 0.3) is 0 Å². The average Bonchev–Trinajstić information content (AvgIpc) is 2.23. The number of phenolic OH excluding ortho intramolecular Hbond substituents is 1. The predicted octanol–water partition coefficient (Wildman–Crippen LogP) is 4.02. The molecule has 0 saturated carbocycles. The second-order valence-corrected chi connectivity index (χ2v) is 3.84. The first-order valence-corrected chi connectivity index (χ1v) is 5.11. The molecule has 0 spiro atoms. The smallest absolute Gasteiger partial charge is 0.123 e. The van der Waals surface area contributed by atoms with Crippen LogP contribution in [0.15, 0.2) is 42.5 Å². The number of halogens is 1. The van der Waals surface area contributed by atoms with E-state index in [1.807, 2.05) is 37.3 Å². The maximum absolute atomic E-state index is 9.74. The van der Waals surface area contributed by atoms with Crippen LogP contribution < -0.4 is 0 Å². The minimum Gasteiger partial charge on any atom is -0.507 e. The first kappa shape index (κ1) is 10.1. The van der Waals surface area contributed by atoms with E-state index in [1.165, 1.54) is 0 Å². The molecule has 2 heteroatoms. The second-order valence-electron chi connectivity index (χ2n) is 3.43. The Morgan fingerprint density at radius 3 is 2.33 bits per heavy atom. The summed E-state index contributed by atoms with van der Waals surface area (Å²) in [6.45, 7) is 1.95. The molecule has 0 aliphatic rings. The first-order valence-electron chi connectivity index (χ1n) is 4.73. The quantitative estimate of drug-likeness (QED) is 0.767. The summed E-state index contributed by atoms with van der Waals surface area (Å²) in [7, 11) is 0. The van der Waals surface area contributed by atoms with Crippen molar-refractivity contribution in [2.45, 2.75) is 6.92 Å². The first-order chi connectivity index (χ1) is 7.20. The number of benzene rings is 2. The van der Waals surface area contributed by atoms with Crippen molar-refractivity contribution in [1.82, 2.24) is 0 Å². The second kappa shape index (κ2) is 3.95. The van der Waals surface area contributed by atoms with Crippen LogP contribution in [0.3, 0.4) is 0 Å². The van der Waals surface area contributed by atoms with Crippen LogP contribution in [-0.2, 0) is 0 Å². The maximum Gasteiger partial charge on any atom is 0.123 e. The van der Waals surface area contributed by atoms with Gasteiger partial charge in [-0.15, -0.1) is 0 Å². The van der Waals surface area contributed by atoms with Crippen LogP contribution in [0.5, 0.6) is 5.75 Å². The predicted molar refractivity (Wildman–Crippen MR) is 63.3 cm³/mol. The lowest BCUT2D eigenvalue weighted by Crippen LogP contribution is -1.84. The summed E-state index contributed by atoms with van der Waals surface area (Å²) >= 11 is 6.03. The Bertz CT molecular complexity index is 492. The Morgan fingerprint density at radius 2 is 1.60 bits per heavy atom. The molecular weight excluding hydrogens is 208 g/mol. The Balaban J connectivity index is 2.65. The molecule has 0 saturated heterocycles. The molecule has 0 aromatic heterocycles. The van der Waals surface area contributed by atoms with Crippen LogP contribution in [0.4, 0.5) is 0 Å². The monoisotopic (exact) mass is 218 g/mol. The highest BCUT2D eigenvalue weighted by molar-refractivity contribution is 6.31. The van der Waals surface area contributed by atoms with Crippen LogP contribution in [0, 0.1) is 6.92 Å². The van der Waals surface area contributed by atoms with Gasteiger partial charge in [-0.1, -0.05) is 41.9 Å². The lowest BCUT2D eigenvalue weighted by molar-refractivity contribution is 0.477. The summed E-state index contributed by atoms with van der Waals surface area (Å²) in [5.74, 6) is 0.280. The van der Waals surface area contributed by atoms with Gasteiger partial charge in [-0.25, -0.2) is 0 Å². The third-order valence-electron chi connectivity index (χ3n) is 2.46. The third kappa shape index (κ3) is 1.83. The summed E-state index contributed by atoms with van der Waals surface area (Å²) in [5.41, 5.74) is 2.78. The lowest BCUT2D eigenvalue weighted by Gasteiger charge is -2.08. The van der Waals surface area contributed by atoms with E-state index in [1.54, 1.807) is 12.1 Å². The molecule has 0 heterocycles. The molecule has 0 amide bonds.